The van der Waals surface area contributed by atoms with Gasteiger partial charge in [-0.2, -0.15) is 0 Å². The van der Waals surface area contributed by atoms with Crippen molar-refractivity contribution < 1.29 is 9.84 Å². The van der Waals surface area contributed by atoms with E-state index in [0.717, 1.165) is 17.1 Å². The summed E-state index contributed by atoms with van der Waals surface area (Å²) in [6, 6.07) is 3.80. The number of nitrogens with zero attached hydrogens (tertiary/aromatic N) is 2. The van der Waals surface area contributed by atoms with Crippen molar-refractivity contribution in [1.82, 2.24) is 15.2 Å². The SMILES string of the molecule is COc1cc(C)nc(CNCC(C)(O)CN(C)C)c1. The maximum absolute atomic E-state index is 10.2. The number of aryl methyl sites for hydroxylation is 1. The van der Waals surface area contributed by atoms with Crippen LogP contribution in [-0.2, 0) is 6.54 Å². The lowest BCUT2D eigenvalue weighted by Gasteiger charge is -2.27. The molecular weight excluding hydrogens is 242 g/mol. The number of methoxy groups -OCH3 is 1. The zero-order valence-electron chi connectivity index (χ0n) is 12.5. The molecule has 1 aromatic rings. The Kier molecular flexibility index (Phi) is 5.72. The predicted molar refractivity (Wildman–Crippen MR) is 76.4 cm³/mol. The summed E-state index contributed by atoms with van der Waals surface area (Å²) in [5.41, 5.74) is 1.09. The summed E-state index contributed by atoms with van der Waals surface area (Å²) >= 11 is 0. The maximum Gasteiger partial charge on any atom is 0.122 e. The van der Waals surface area contributed by atoms with Crippen LogP contribution in [0.3, 0.4) is 0 Å². The molecule has 0 saturated carbocycles. The topological polar surface area (TPSA) is 57.6 Å². The number of aliphatic hydroxyl groups is 1. The van der Waals surface area contributed by atoms with Gasteiger partial charge < -0.3 is 20.1 Å². The maximum atomic E-state index is 10.2. The number of ether oxygens (including phenoxy) is 1. The van der Waals surface area contributed by atoms with E-state index in [2.05, 4.69) is 10.3 Å². The first-order valence-corrected chi connectivity index (χ1v) is 6.42. The van der Waals surface area contributed by atoms with E-state index in [1.165, 1.54) is 0 Å². The molecule has 2 N–H and O–H groups in total. The Bertz CT molecular complexity index is 406. The molecule has 0 amide bonds. The third-order valence-electron chi connectivity index (χ3n) is 2.68. The molecule has 0 fully saturated rings. The molecule has 0 spiro atoms. The van der Waals surface area contributed by atoms with Gasteiger partial charge in [0.1, 0.15) is 5.75 Å². The van der Waals surface area contributed by atoms with Crippen LogP contribution in [0.5, 0.6) is 5.75 Å². The van der Waals surface area contributed by atoms with Gasteiger partial charge in [0, 0.05) is 37.5 Å². The highest BCUT2D eigenvalue weighted by atomic mass is 16.5. The first kappa shape index (κ1) is 15.9. The molecule has 0 aliphatic heterocycles. The van der Waals surface area contributed by atoms with Gasteiger partial charge in [0.15, 0.2) is 0 Å². The summed E-state index contributed by atoms with van der Waals surface area (Å²) in [6.07, 6.45) is 0. The normalized spacial score (nSPS) is 14.5. The molecule has 0 aliphatic rings. The summed E-state index contributed by atoms with van der Waals surface area (Å²) in [5.74, 6) is 0.810. The zero-order chi connectivity index (χ0) is 14.5. The van der Waals surface area contributed by atoms with E-state index >= 15 is 0 Å². The molecule has 1 heterocycles. The molecule has 5 nitrogen and oxygen atoms in total. The lowest BCUT2D eigenvalue weighted by atomic mass is 10.1. The highest BCUT2D eigenvalue weighted by molar-refractivity contribution is 5.26. The van der Waals surface area contributed by atoms with Crippen molar-refractivity contribution >= 4 is 0 Å². The summed E-state index contributed by atoms with van der Waals surface area (Å²) in [7, 11) is 5.54. The van der Waals surface area contributed by atoms with Crippen molar-refractivity contribution in [3.05, 3.63) is 23.5 Å². The fourth-order valence-corrected chi connectivity index (χ4v) is 2.11. The molecule has 1 rings (SSSR count). The third kappa shape index (κ3) is 6.00. The van der Waals surface area contributed by atoms with Gasteiger partial charge in [0.2, 0.25) is 0 Å². The van der Waals surface area contributed by atoms with Crippen LogP contribution in [0.2, 0.25) is 0 Å². The Balaban J connectivity index is 2.51. The summed E-state index contributed by atoms with van der Waals surface area (Å²) in [6.45, 7) is 5.51. The fraction of sp³-hybridized carbons (Fsp3) is 0.643. The van der Waals surface area contributed by atoms with Gasteiger partial charge >= 0.3 is 0 Å². The summed E-state index contributed by atoms with van der Waals surface area (Å²) in [4.78, 5) is 6.40. The average molecular weight is 267 g/mol. The predicted octanol–water partition coefficient (Wildman–Crippen LogP) is 0.801. The molecule has 0 aliphatic carbocycles. The van der Waals surface area contributed by atoms with Crippen molar-refractivity contribution in [3.8, 4) is 5.75 Å². The second-order valence-electron chi connectivity index (χ2n) is 5.48. The number of likely N-dealkylation sites (N-methyl/N-ethyl adjacent to an activating group) is 1. The Morgan fingerprint density at radius 3 is 2.68 bits per heavy atom. The highest BCUT2D eigenvalue weighted by Gasteiger charge is 2.20. The third-order valence-corrected chi connectivity index (χ3v) is 2.68. The molecule has 108 valence electrons. The van der Waals surface area contributed by atoms with Gasteiger partial charge in [-0.15, -0.1) is 0 Å². The van der Waals surface area contributed by atoms with Gasteiger partial charge in [0.25, 0.3) is 0 Å². The van der Waals surface area contributed by atoms with Crippen LogP contribution in [-0.4, -0.2) is 54.9 Å². The summed E-state index contributed by atoms with van der Waals surface area (Å²) in [5, 5.41) is 13.4. The van der Waals surface area contributed by atoms with Gasteiger partial charge in [0.05, 0.1) is 18.4 Å². The first-order valence-electron chi connectivity index (χ1n) is 6.42. The Hall–Kier alpha value is -1.17. The Labute approximate surface area is 115 Å². The molecule has 0 saturated heterocycles. The van der Waals surface area contributed by atoms with E-state index in [0.29, 0.717) is 19.6 Å². The van der Waals surface area contributed by atoms with Gasteiger partial charge in [-0.25, -0.2) is 0 Å². The average Bonchev–Trinajstić information content (AvgIpc) is 2.26. The molecule has 1 unspecified atom stereocenters. The molecule has 19 heavy (non-hydrogen) atoms. The molecule has 1 aromatic heterocycles. The van der Waals surface area contributed by atoms with E-state index < -0.39 is 5.60 Å². The Morgan fingerprint density at radius 2 is 2.11 bits per heavy atom. The van der Waals surface area contributed by atoms with E-state index in [9.17, 15) is 5.11 Å². The standard InChI is InChI=1S/C14H25N3O2/c1-11-6-13(19-5)7-12(16-11)8-15-9-14(2,18)10-17(3)4/h6-7,15,18H,8-10H2,1-5H3. The van der Waals surface area contributed by atoms with Crippen LogP contribution >= 0.6 is 0 Å². The number of rotatable bonds is 7. The molecular formula is C14H25N3O2. The molecule has 5 heteroatoms. The smallest absolute Gasteiger partial charge is 0.122 e. The molecule has 0 bridgehead atoms. The molecule has 1 atom stereocenters. The quantitative estimate of drug-likeness (QED) is 0.765. The van der Waals surface area contributed by atoms with E-state index in [-0.39, 0.29) is 0 Å². The minimum atomic E-state index is -0.753. The number of hydrogen-bond donors (Lipinski definition) is 2. The summed E-state index contributed by atoms with van der Waals surface area (Å²) < 4.78 is 5.21. The second-order valence-corrected chi connectivity index (χ2v) is 5.48. The van der Waals surface area contributed by atoms with Crippen molar-refractivity contribution in [3.63, 3.8) is 0 Å². The van der Waals surface area contributed by atoms with E-state index in [1.807, 2.05) is 45.0 Å². The number of nitrogens with one attached hydrogen (secondary N) is 1. The minimum Gasteiger partial charge on any atom is -0.497 e. The zero-order valence-corrected chi connectivity index (χ0v) is 12.5. The fourth-order valence-electron chi connectivity index (χ4n) is 2.11. The second kappa shape index (κ2) is 6.84. The van der Waals surface area contributed by atoms with Crippen LogP contribution in [0.4, 0.5) is 0 Å². The van der Waals surface area contributed by atoms with E-state index in [1.54, 1.807) is 7.11 Å². The van der Waals surface area contributed by atoms with Crippen molar-refractivity contribution in [2.24, 2.45) is 0 Å². The minimum absolute atomic E-state index is 0.517. The first-order chi connectivity index (χ1) is 8.82. The number of pyridine rings is 1. The largest absolute Gasteiger partial charge is 0.497 e. The lowest BCUT2D eigenvalue weighted by Crippen LogP contribution is -2.45. The highest BCUT2D eigenvalue weighted by Crippen LogP contribution is 2.13. The van der Waals surface area contributed by atoms with Gasteiger partial charge in [-0.3, -0.25) is 4.98 Å². The van der Waals surface area contributed by atoms with Gasteiger partial charge in [-0.05, 0) is 27.9 Å². The van der Waals surface area contributed by atoms with Crippen LogP contribution in [0.25, 0.3) is 0 Å². The van der Waals surface area contributed by atoms with Crippen molar-refractivity contribution in [2.75, 3.05) is 34.3 Å². The monoisotopic (exact) mass is 267 g/mol. The van der Waals surface area contributed by atoms with Crippen molar-refractivity contribution in [1.29, 1.82) is 0 Å². The number of hydrogen-bond acceptors (Lipinski definition) is 5. The van der Waals surface area contributed by atoms with Gasteiger partial charge in [-0.1, -0.05) is 0 Å². The van der Waals surface area contributed by atoms with Crippen LogP contribution in [0.15, 0.2) is 12.1 Å². The van der Waals surface area contributed by atoms with Crippen molar-refractivity contribution in [2.45, 2.75) is 26.0 Å². The van der Waals surface area contributed by atoms with Crippen LogP contribution in [0.1, 0.15) is 18.3 Å². The van der Waals surface area contributed by atoms with Crippen LogP contribution in [0, 0.1) is 6.92 Å². The molecule has 0 aromatic carbocycles. The van der Waals surface area contributed by atoms with E-state index in [4.69, 9.17) is 4.74 Å². The number of aromatic nitrogens is 1. The molecule has 0 radical (unpaired) electrons. The lowest BCUT2D eigenvalue weighted by molar-refractivity contribution is 0.0335. The Morgan fingerprint density at radius 1 is 1.42 bits per heavy atom. The van der Waals surface area contributed by atoms with Crippen LogP contribution < -0.4 is 10.1 Å².